The van der Waals surface area contributed by atoms with Gasteiger partial charge in [-0.25, -0.2) is 0 Å². The fraction of sp³-hybridized carbons (Fsp3) is 0.0455. The zero-order valence-electron chi connectivity index (χ0n) is 12.6. The molecule has 0 N–H and O–H groups in total. The Kier molecular flexibility index (Phi) is 3.39. The Morgan fingerprint density at radius 1 is 0.565 bits per heavy atom. The van der Waals surface area contributed by atoms with E-state index < -0.39 is 0 Å². The van der Waals surface area contributed by atoms with Gasteiger partial charge in [0.15, 0.2) is 5.78 Å². The Morgan fingerprint density at radius 3 is 1.61 bits per heavy atom. The third-order valence-corrected chi connectivity index (χ3v) is 4.35. The summed E-state index contributed by atoms with van der Waals surface area (Å²) in [5.41, 5.74) is 5.18. The number of Topliss-reactive ketones (excluding diaryl/α,β-unsaturated/α-hetero) is 1. The third kappa shape index (κ3) is 2.31. The van der Waals surface area contributed by atoms with Gasteiger partial charge in [-0.1, -0.05) is 91.0 Å². The fourth-order valence-corrected chi connectivity index (χ4v) is 3.27. The quantitative estimate of drug-likeness (QED) is 0.667. The molecule has 0 bridgehead atoms. The van der Waals surface area contributed by atoms with Crippen molar-refractivity contribution >= 4 is 16.9 Å². The maximum atomic E-state index is 12.9. The minimum atomic E-state index is -0.159. The van der Waals surface area contributed by atoms with Gasteiger partial charge in [0.25, 0.3) is 0 Å². The molecule has 1 atom stereocenters. The zero-order chi connectivity index (χ0) is 15.6. The van der Waals surface area contributed by atoms with E-state index in [4.69, 9.17) is 0 Å². The van der Waals surface area contributed by atoms with Crippen LogP contribution in [-0.2, 0) is 4.79 Å². The van der Waals surface area contributed by atoms with Crippen molar-refractivity contribution < 1.29 is 4.79 Å². The molecule has 0 amide bonds. The minimum Gasteiger partial charge on any atom is -0.293 e. The van der Waals surface area contributed by atoms with E-state index in [1.807, 2.05) is 78.9 Å². The highest BCUT2D eigenvalue weighted by Gasteiger charge is 2.40. The maximum Gasteiger partial charge on any atom is 0.175 e. The highest BCUT2D eigenvalue weighted by Crippen LogP contribution is 2.49. The van der Waals surface area contributed by atoms with Gasteiger partial charge in [0.2, 0.25) is 0 Å². The van der Waals surface area contributed by atoms with Crippen LogP contribution in [0.4, 0.5) is 0 Å². The van der Waals surface area contributed by atoms with Crippen LogP contribution in [0.3, 0.4) is 0 Å². The molecule has 0 heterocycles. The molecular weight excluding hydrogens is 280 g/mol. The van der Waals surface area contributed by atoms with Crippen molar-refractivity contribution in [3.05, 3.63) is 108 Å². The summed E-state index contributed by atoms with van der Waals surface area (Å²) in [6, 6.07) is 30.2. The summed E-state index contributed by atoms with van der Waals surface area (Å²) < 4.78 is 0. The van der Waals surface area contributed by atoms with E-state index in [1.54, 1.807) is 0 Å². The van der Waals surface area contributed by atoms with Gasteiger partial charge in [0.05, 0.1) is 5.92 Å². The number of rotatable bonds is 3. The van der Waals surface area contributed by atoms with Crippen LogP contribution in [0.2, 0.25) is 0 Å². The van der Waals surface area contributed by atoms with Crippen LogP contribution < -0.4 is 0 Å². The van der Waals surface area contributed by atoms with Gasteiger partial charge in [-0.15, -0.1) is 0 Å². The first-order valence-electron chi connectivity index (χ1n) is 7.80. The Balaban J connectivity index is 1.91. The maximum absolute atomic E-state index is 12.9. The van der Waals surface area contributed by atoms with E-state index >= 15 is 0 Å². The van der Waals surface area contributed by atoms with Crippen LogP contribution in [0, 0.1) is 0 Å². The molecule has 0 fully saturated rings. The van der Waals surface area contributed by atoms with Crippen molar-refractivity contribution in [3.63, 3.8) is 0 Å². The van der Waals surface area contributed by atoms with Gasteiger partial charge in [-0.05, 0) is 22.3 Å². The molecule has 0 saturated heterocycles. The topological polar surface area (TPSA) is 17.1 Å². The molecule has 23 heavy (non-hydrogen) atoms. The van der Waals surface area contributed by atoms with Crippen LogP contribution in [0.15, 0.2) is 91.0 Å². The summed E-state index contributed by atoms with van der Waals surface area (Å²) >= 11 is 0. The molecule has 4 rings (SSSR count). The van der Waals surface area contributed by atoms with Gasteiger partial charge in [0.1, 0.15) is 0 Å². The van der Waals surface area contributed by atoms with E-state index in [0.717, 1.165) is 27.8 Å². The number of hydrogen-bond donors (Lipinski definition) is 0. The zero-order valence-corrected chi connectivity index (χ0v) is 12.6. The number of benzene rings is 3. The van der Waals surface area contributed by atoms with E-state index in [0.29, 0.717) is 0 Å². The third-order valence-electron chi connectivity index (χ3n) is 4.35. The van der Waals surface area contributed by atoms with Gasteiger partial charge in [-0.2, -0.15) is 0 Å². The molecule has 1 aliphatic rings. The van der Waals surface area contributed by atoms with Gasteiger partial charge < -0.3 is 0 Å². The summed E-state index contributed by atoms with van der Waals surface area (Å²) in [5, 5.41) is 0. The summed E-state index contributed by atoms with van der Waals surface area (Å²) in [6.07, 6.45) is 0. The van der Waals surface area contributed by atoms with E-state index in [-0.39, 0.29) is 11.7 Å². The number of allylic oxidation sites excluding steroid dienone is 2. The number of carbonyl (C=O) groups is 1. The van der Waals surface area contributed by atoms with Crippen molar-refractivity contribution in [1.29, 1.82) is 0 Å². The van der Waals surface area contributed by atoms with Crippen molar-refractivity contribution in [2.24, 2.45) is 0 Å². The summed E-state index contributed by atoms with van der Waals surface area (Å²) in [7, 11) is 0. The molecule has 3 aromatic rings. The van der Waals surface area contributed by atoms with Crippen LogP contribution in [-0.4, -0.2) is 5.78 Å². The lowest BCUT2D eigenvalue weighted by molar-refractivity contribution is -0.114. The number of ketones is 1. The second-order valence-electron chi connectivity index (χ2n) is 5.73. The molecule has 0 spiro atoms. The molecule has 0 saturated carbocycles. The molecule has 1 nitrogen and oxygen atoms in total. The number of carbonyl (C=O) groups excluding carboxylic acids is 1. The predicted octanol–water partition coefficient (Wildman–Crippen LogP) is 4.96. The summed E-state index contributed by atoms with van der Waals surface area (Å²) in [6.45, 7) is 0. The molecule has 1 aliphatic carbocycles. The Labute approximate surface area is 135 Å². The fourth-order valence-electron chi connectivity index (χ4n) is 3.27. The summed E-state index contributed by atoms with van der Waals surface area (Å²) in [5.74, 6) is 0.0510. The smallest absolute Gasteiger partial charge is 0.175 e. The predicted molar refractivity (Wildman–Crippen MR) is 93.9 cm³/mol. The lowest BCUT2D eigenvalue weighted by atomic mass is 9.67. The monoisotopic (exact) mass is 296 g/mol. The van der Waals surface area contributed by atoms with Crippen molar-refractivity contribution in [3.8, 4) is 0 Å². The normalized spacial score (nSPS) is 17.0. The molecule has 0 radical (unpaired) electrons. The van der Waals surface area contributed by atoms with E-state index in [1.165, 1.54) is 0 Å². The second kappa shape index (κ2) is 5.69. The largest absolute Gasteiger partial charge is 0.293 e. The van der Waals surface area contributed by atoms with Gasteiger partial charge in [0, 0.05) is 5.57 Å². The minimum absolute atomic E-state index is 0.159. The van der Waals surface area contributed by atoms with Crippen LogP contribution >= 0.6 is 0 Å². The summed E-state index contributed by atoms with van der Waals surface area (Å²) in [4.78, 5) is 12.9. The molecule has 110 valence electrons. The van der Waals surface area contributed by atoms with Crippen molar-refractivity contribution in [2.75, 3.05) is 0 Å². The molecule has 0 aromatic heterocycles. The first-order valence-corrected chi connectivity index (χ1v) is 7.80. The van der Waals surface area contributed by atoms with Crippen LogP contribution in [0.25, 0.3) is 11.1 Å². The Bertz CT molecular complexity index is 862. The Hall–Kier alpha value is -2.93. The van der Waals surface area contributed by atoms with Crippen molar-refractivity contribution in [2.45, 2.75) is 5.92 Å². The lowest BCUT2D eigenvalue weighted by Crippen LogP contribution is -2.27. The highest BCUT2D eigenvalue weighted by molar-refractivity contribution is 6.42. The first kappa shape index (κ1) is 13.7. The second-order valence-corrected chi connectivity index (χ2v) is 5.73. The first-order chi connectivity index (χ1) is 11.4. The lowest BCUT2D eigenvalue weighted by Gasteiger charge is -2.33. The average molecular weight is 296 g/mol. The van der Waals surface area contributed by atoms with Crippen molar-refractivity contribution in [1.82, 2.24) is 0 Å². The van der Waals surface area contributed by atoms with E-state index in [2.05, 4.69) is 12.1 Å². The standard InChI is InChI=1S/C22H16O/c23-22-20(17-12-6-2-7-13-17)19(16-10-4-1-5-11-16)21(22)18-14-8-3-9-15-18/h1-15,20H. The average Bonchev–Trinajstić information content (AvgIpc) is 2.62. The number of hydrogen-bond acceptors (Lipinski definition) is 1. The van der Waals surface area contributed by atoms with Gasteiger partial charge >= 0.3 is 0 Å². The van der Waals surface area contributed by atoms with Gasteiger partial charge in [-0.3, -0.25) is 4.79 Å². The Morgan fingerprint density at radius 2 is 1.04 bits per heavy atom. The SMILES string of the molecule is O=C1C(c2ccccc2)=C(c2ccccc2)C1c1ccccc1. The molecule has 1 heteroatoms. The molecular formula is C22H16O. The molecule has 1 unspecified atom stereocenters. The molecule has 0 aliphatic heterocycles. The van der Waals surface area contributed by atoms with E-state index in [9.17, 15) is 4.79 Å². The van der Waals surface area contributed by atoms with Crippen LogP contribution in [0.1, 0.15) is 22.6 Å². The molecule has 3 aromatic carbocycles. The highest BCUT2D eigenvalue weighted by atomic mass is 16.1. The van der Waals surface area contributed by atoms with Crippen LogP contribution in [0.5, 0.6) is 0 Å².